The molecule has 0 saturated carbocycles. The molecule has 0 spiro atoms. The van der Waals surface area contributed by atoms with Crippen molar-refractivity contribution in [2.75, 3.05) is 31.1 Å². The van der Waals surface area contributed by atoms with Crippen LogP contribution in [0.4, 0.5) is 5.69 Å². The van der Waals surface area contributed by atoms with Crippen LogP contribution in [0.2, 0.25) is 5.02 Å². The number of imidazole rings is 1. The van der Waals surface area contributed by atoms with Gasteiger partial charge in [0, 0.05) is 40.3 Å². The SMILES string of the molecule is Cn1cnc2c1c(=O)n(CC(=O)N1CCN(c3ccccc3Cl)CC1)c(=O)n2C. The third-order valence-electron chi connectivity index (χ3n) is 5.32. The number of halogens is 1. The number of para-hydroxylation sites is 1. The Hall–Kier alpha value is -3.07. The molecular formula is C19H21ClN6O3. The normalized spacial score (nSPS) is 14.6. The van der Waals surface area contributed by atoms with Crippen molar-refractivity contribution in [3.8, 4) is 0 Å². The summed E-state index contributed by atoms with van der Waals surface area (Å²) < 4.78 is 3.83. The van der Waals surface area contributed by atoms with Gasteiger partial charge in [0.25, 0.3) is 5.56 Å². The maximum atomic E-state index is 12.8. The topological polar surface area (TPSA) is 85.4 Å². The molecule has 9 nitrogen and oxygen atoms in total. The van der Waals surface area contributed by atoms with E-state index in [4.69, 9.17) is 11.6 Å². The summed E-state index contributed by atoms with van der Waals surface area (Å²) in [4.78, 5) is 46.1. The second-order valence-corrected chi connectivity index (χ2v) is 7.49. The Balaban J connectivity index is 1.53. The van der Waals surface area contributed by atoms with Crippen LogP contribution in [0.3, 0.4) is 0 Å². The van der Waals surface area contributed by atoms with Crippen LogP contribution in [0, 0.1) is 0 Å². The average molecular weight is 417 g/mol. The molecular weight excluding hydrogens is 396 g/mol. The number of aromatic nitrogens is 4. The van der Waals surface area contributed by atoms with Crippen molar-refractivity contribution in [2.24, 2.45) is 14.1 Å². The van der Waals surface area contributed by atoms with E-state index in [1.165, 1.54) is 10.9 Å². The van der Waals surface area contributed by atoms with Crippen molar-refractivity contribution in [1.82, 2.24) is 23.6 Å². The number of hydrogen-bond donors (Lipinski definition) is 0. The molecule has 152 valence electrons. The standard InChI is InChI=1S/C19H21ClN6O3/c1-22-12-21-17-16(22)18(28)26(19(29)23(17)2)11-15(27)25-9-7-24(8-10-25)14-6-4-3-5-13(14)20/h3-6,12H,7-11H2,1-2H3. The third kappa shape index (κ3) is 3.31. The molecule has 10 heteroatoms. The number of aryl methyl sites for hydroxylation is 2. The first-order valence-electron chi connectivity index (χ1n) is 9.26. The highest BCUT2D eigenvalue weighted by Gasteiger charge is 2.24. The van der Waals surface area contributed by atoms with E-state index >= 15 is 0 Å². The van der Waals surface area contributed by atoms with Gasteiger partial charge in [-0.2, -0.15) is 0 Å². The first-order valence-corrected chi connectivity index (χ1v) is 9.64. The number of amides is 1. The minimum atomic E-state index is -0.552. The van der Waals surface area contributed by atoms with Crippen LogP contribution in [-0.2, 0) is 25.4 Å². The molecule has 1 aliphatic heterocycles. The van der Waals surface area contributed by atoms with E-state index in [-0.39, 0.29) is 12.5 Å². The molecule has 0 N–H and O–H groups in total. The van der Waals surface area contributed by atoms with Crippen molar-refractivity contribution in [3.63, 3.8) is 0 Å². The van der Waals surface area contributed by atoms with E-state index in [1.54, 1.807) is 23.6 Å². The zero-order chi connectivity index (χ0) is 20.7. The Kier molecular flexibility index (Phi) is 4.91. The van der Waals surface area contributed by atoms with Gasteiger partial charge in [0.05, 0.1) is 17.0 Å². The molecule has 0 unspecified atom stereocenters. The van der Waals surface area contributed by atoms with Crippen LogP contribution >= 0.6 is 11.6 Å². The number of carbonyl (C=O) groups excluding carboxylic acids is 1. The molecule has 3 aromatic rings. The Morgan fingerprint density at radius 3 is 2.48 bits per heavy atom. The van der Waals surface area contributed by atoms with Crippen molar-refractivity contribution in [2.45, 2.75) is 6.54 Å². The van der Waals surface area contributed by atoms with Crippen molar-refractivity contribution >= 4 is 34.4 Å². The lowest BCUT2D eigenvalue weighted by atomic mass is 10.2. The highest BCUT2D eigenvalue weighted by atomic mass is 35.5. The lowest BCUT2D eigenvalue weighted by Crippen LogP contribution is -2.51. The Labute approximate surface area is 171 Å². The van der Waals surface area contributed by atoms with Gasteiger partial charge in [-0.3, -0.25) is 14.2 Å². The van der Waals surface area contributed by atoms with E-state index in [0.717, 1.165) is 10.3 Å². The summed E-state index contributed by atoms with van der Waals surface area (Å²) >= 11 is 6.26. The van der Waals surface area contributed by atoms with Crippen LogP contribution in [0.5, 0.6) is 0 Å². The fourth-order valence-corrected chi connectivity index (χ4v) is 3.93. The maximum Gasteiger partial charge on any atom is 0.332 e. The number of rotatable bonds is 3. The van der Waals surface area contributed by atoms with E-state index in [2.05, 4.69) is 9.88 Å². The van der Waals surface area contributed by atoms with Crippen LogP contribution in [-0.4, -0.2) is 55.7 Å². The first kappa shape index (κ1) is 19.3. The molecule has 3 heterocycles. The predicted molar refractivity (Wildman–Crippen MR) is 110 cm³/mol. The zero-order valence-electron chi connectivity index (χ0n) is 16.2. The van der Waals surface area contributed by atoms with Gasteiger partial charge in [0.15, 0.2) is 11.2 Å². The quantitative estimate of drug-likeness (QED) is 0.618. The van der Waals surface area contributed by atoms with E-state index in [1.807, 2.05) is 24.3 Å². The molecule has 29 heavy (non-hydrogen) atoms. The van der Waals surface area contributed by atoms with Gasteiger partial charge < -0.3 is 14.4 Å². The van der Waals surface area contributed by atoms with E-state index < -0.39 is 11.2 Å². The van der Waals surface area contributed by atoms with Crippen LogP contribution in [0.25, 0.3) is 11.2 Å². The first-order chi connectivity index (χ1) is 13.9. The lowest BCUT2D eigenvalue weighted by molar-refractivity contribution is -0.132. The summed E-state index contributed by atoms with van der Waals surface area (Å²) in [6, 6.07) is 7.59. The van der Waals surface area contributed by atoms with Gasteiger partial charge in [-0.25, -0.2) is 14.3 Å². The highest BCUT2D eigenvalue weighted by Crippen LogP contribution is 2.26. The second-order valence-electron chi connectivity index (χ2n) is 7.08. The van der Waals surface area contributed by atoms with Crippen LogP contribution in [0.1, 0.15) is 0 Å². The third-order valence-corrected chi connectivity index (χ3v) is 5.64. The molecule has 0 radical (unpaired) electrons. The minimum Gasteiger partial charge on any atom is -0.367 e. The van der Waals surface area contributed by atoms with E-state index in [9.17, 15) is 14.4 Å². The largest absolute Gasteiger partial charge is 0.367 e. The maximum absolute atomic E-state index is 12.8. The van der Waals surface area contributed by atoms with Crippen LogP contribution in [0.15, 0.2) is 40.2 Å². The van der Waals surface area contributed by atoms with Gasteiger partial charge in [-0.05, 0) is 12.1 Å². The monoisotopic (exact) mass is 416 g/mol. The van der Waals surface area contributed by atoms with Crippen molar-refractivity contribution in [3.05, 3.63) is 56.5 Å². The van der Waals surface area contributed by atoms with Crippen LogP contribution < -0.4 is 16.1 Å². The van der Waals surface area contributed by atoms with Crippen molar-refractivity contribution < 1.29 is 4.79 Å². The molecule has 0 bridgehead atoms. The van der Waals surface area contributed by atoms with Gasteiger partial charge >= 0.3 is 5.69 Å². The summed E-state index contributed by atoms with van der Waals surface area (Å²) in [5.41, 5.74) is 0.478. The van der Waals surface area contributed by atoms with E-state index in [0.29, 0.717) is 42.4 Å². The zero-order valence-corrected chi connectivity index (χ0v) is 17.0. The summed E-state index contributed by atoms with van der Waals surface area (Å²) in [6.07, 6.45) is 1.48. The summed E-state index contributed by atoms with van der Waals surface area (Å²) in [5.74, 6) is -0.260. The fourth-order valence-electron chi connectivity index (χ4n) is 3.68. The van der Waals surface area contributed by atoms with Gasteiger partial charge in [0.2, 0.25) is 5.91 Å². The molecule has 0 atom stereocenters. The molecule has 1 saturated heterocycles. The Morgan fingerprint density at radius 2 is 1.79 bits per heavy atom. The number of anilines is 1. The number of piperazine rings is 1. The molecule has 4 rings (SSSR count). The molecule has 1 fully saturated rings. The fraction of sp³-hybridized carbons (Fsp3) is 0.368. The number of fused-ring (bicyclic) bond motifs is 1. The van der Waals surface area contributed by atoms with Crippen molar-refractivity contribution in [1.29, 1.82) is 0 Å². The lowest BCUT2D eigenvalue weighted by Gasteiger charge is -2.36. The predicted octanol–water partition coefficient (Wildman–Crippen LogP) is 0.436. The minimum absolute atomic E-state index is 0.260. The average Bonchev–Trinajstić information content (AvgIpc) is 3.12. The number of nitrogens with zero attached hydrogens (tertiary/aromatic N) is 6. The molecule has 2 aromatic heterocycles. The van der Waals surface area contributed by atoms with Gasteiger partial charge in [0.1, 0.15) is 6.54 Å². The summed E-state index contributed by atoms with van der Waals surface area (Å²) in [6.45, 7) is 1.95. The smallest absolute Gasteiger partial charge is 0.332 e. The van der Waals surface area contributed by atoms with Gasteiger partial charge in [-0.15, -0.1) is 0 Å². The number of carbonyl (C=O) groups is 1. The molecule has 1 aromatic carbocycles. The summed E-state index contributed by atoms with van der Waals surface area (Å²) in [7, 11) is 3.22. The second kappa shape index (κ2) is 7.40. The highest BCUT2D eigenvalue weighted by molar-refractivity contribution is 6.33. The Morgan fingerprint density at radius 1 is 1.10 bits per heavy atom. The Bertz CT molecular complexity index is 1200. The van der Waals surface area contributed by atoms with Gasteiger partial charge in [-0.1, -0.05) is 23.7 Å². The number of benzene rings is 1. The molecule has 1 aliphatic rings. The summed E-state index contributed by atoms with van der Waals surface area (Å²) in [5, 5.41) is 0.673. The number of hydrogen-bond acceptors (Lipinski definition) is 5. The molecule has 0 aliphatic carbocycles. The molecule has 1 amide bonds.